The number of rotatable bonds is 5. The van der Waals surface area contributed by atoms with Gasteiger partial charge in [-0.05, 0) is 64.0 Å². The standard InChI is InChI=1S/C20H24N2O4/c1-4-26-19(24)20(10-5-6-12-22(20)2)18(23)15-9-11-21-17-8-7-14(25-3)13-16(15)17/h7-9,11,13H,4-6,10,12H2,1-3H3. The van der Waals surface area contributed by atoms with E-state index in [0.29, 0.717) is 35.2 Å². The maximum atomic E-state index is 13.7. The van der Waals surface area contributed by atoms with E-state index in [9.17, 15) is 9.59 Å². The summed E-state index contributed by atoms with van der Waals surface area (Å²) in [6.45, 7) is 2.68. The number of hydrogen-bond acceptors (Lipinski definition) is 6. The van der Waals surface area contributed by atoms with E-state index in [2.05, 4.69) is 4.98 Å². The molecule has 138 valence electrons. The van der Waals surface area contributed by atoms with E-state index in [1.807, 2.05) is 18.0 Å². The smallest absolute Gasteiger partial charge is 0.334 e. The average molecular weight is 356 g/mol. The minimum atomic E-state index is -1.29. The Morgan fingerprint density at radius 2 is 2.08 bits per heavy atom. The van der Waals surface area contributed by atoms with Crippen LogP contribution in [0, 0.1) is 0 Å². The third-order valence-electron chi connectivity index (χ3n) is 5.12. The van der Waals surface area contributed by atoms with Crippen molar-refractivity contribution in [2.75, 3.05) is 27.3 Å². The molecule has 1 atom stereocenters. The number of benzene rings is 1. The van der Waals surface area contributed by atoms with Crippen LogP contribution < -0.4 is 4.74 Å². The minimum Gasteiger partial charge on any atom is -0.497 e. The molecule has 26 heavy (non-hydrogen) atoms. The highest BCUT2D eigenvalue weighted by molar-refractivity contribution is 6.21. The molecule has 0 aliphatic carbocycles. The normalized spacial score (nSPS) is 20.7. The zero-order valence-electron chi connectivity index (χ0n) is 15.4. The summed E-state index contributed by atoms with van der Waals surface area (Å²) in [5.74, 6) is -0.0689. The number of carbonyl (C=O) groups is 2. The second-order valence-corrected chi connectivity index (χ2v) is 6.53. The van der Waals surface area contributed by atoms with Gasteiger partial charge in [0.15, 0.2) is 11.3 Å². The maximum Gasteiger partial charge on any atom is 0.334 e. The van der Waals surface area contributed by atoms with Gasteiger partial charge in [0.2, 0.25) is 0 Å². The van der Waals surface area contributed by atoms with Crippen LogP contribution in [0.25, 0.3) is 10.9 Å². The van der Waals surface area contributed by atoms with Gasteiger partial charge in [-0.3, -0.25) is 14.7 Å². The SMILES string of the molecule is CCOC(=O)C1(C(=O)c2ccnc3ccc(OC)cc23)CCCCN1C. The van der Waals surface area contributed by atoms with Crippen molar-refractivity contribution in [1.82, 2.24) is 9.88 Å². The molecule has 0 bridgehead atoms. The van der Waals surface area contributed by atoms with Crippen LogP contribution in [0.4, 0.5) is 0 Å². The summed E-state index contributed by atoms with van der Waals surface area (Å²) in [6.07, 6.45) is 3.82. The summed E-state index contributed by atoms with van der Waals surface area (Å²) < 4.78 is 10.6. The zero-order chi connectivity index (χ0) is 18.7. The molecule has 1 aliphatic heterocycles. The fraction of sp³-hybridized carbons (Fsp3) is 0.450. The Kier molecular flexibility index (Phi) is 5.23. The Bertz CT molecular complexity index is 836. The van der Waals surface area contributed by atoms with Crippen molar-refractivity contribution in [1.29, 1.82) is 0 Å². The average Bonchev–Trinajstić information content (AvgIpc) is 2.67. The van der Waals surface area contributed by atoms with Crippen molar-refractivity contribution < 1.29 is 19.1 Å². The Labute approximate surface area is 153 Å². The van der Waals surface area contributed by atoms with E-state index < -0.39 is 11.5 Å². The van der Waals surface area contributed by atoms with Gasteiger partial charge in [-0.25, -0.2) is 4.79 Å². The Balaban J connectivity index is 2.16. The predicted octanol–water partition coefficient (Wildman–Crippen LogP) is 2.84. The molecule has 1 fully saturated rings. The third kappa shape index (κ3) is 2.94. The number of likely N-dealkylation sites (N-methyl/N-ethyl adjacent to an activating group) is 1. The second kappa shape index (κ2) is 7.41. The van der Waals surface area contributed by atoms with Gasteiger partial charge in [0, 0.05) is 17.1 Å². The van der Waals surface area contributed by atoms with E-state index in [1.165, 1.54) is 0 Å². The molecular formula is C20H24N2O4. The molecule has 1 aliphatic rings. The third-order valence-corrected chi connectivity index (χ3v) is 5.12. The lowest BCUT2D eigenvalue weighted by Crippen LogP contribution is -2.61. The van der Waals surface area contributed by atoms with Crippen LogP contribution in [-0.4, -0.2) is 54.5 Å². The Hall–Kier alpha value is -2.47. The lowest BCUT2D eigenvalue weighted by Gasteiger charge is -2.41. The molecule has 0 saturated carbocycles. The number of ketones is 1. The van der Waals surface area contributed by atoms with Gasteiger partial charge in [-0.15, -0.1) is 0 Å². The van der Waals surface area contributed by atoms with Gasteiger partial charge in [0.25, 0.3) is 0 Å². The Morgan fingerprint density at radius 1 is 1.27 bits per heavy atom. The molecule has 2 heterocycles. The molecule has 2 aromatic rings. The number of fused-ring (bicyclic) bond motifs is 1. The van der Waals surface area contributed by atoms with Crippen molar-refractivity contribution in [3.63, 3.8) is 0 Å². The second-order valence-electron chi connectivity index (χ2n) is 6.53. The predicted molar refractivity (Wildman–Crippen MR) is 98.5 cm³/mol. The molecule has 6 heteroatoms. The van der Waals surface area contributed by atoms with Crippen LogP contribution in [0.2, 0.25) is 0 Å². The van der Waals surface area contributed by atoms with E-state index in [0.717, 1.165) is 12.8 Å². The van der Waals surface area contributed by atoms with E-state index in [-0.39, 0.29) is 12.4 Å². The quantitative estimate of drug-likeness (QED) is 0.466. The molecule has 0 amide bonds. The molecule has 0 radical (unpaired) electrons. The molecular weight excluding hydrogens is 332 g/mol. The molecule has 1 saturated heterocycles. The summed E-state index contributed by atoms with van der Waals surface area (Å²) >= 11 is 0. The molecule has 1 unspecified atom stereocenters. The van der Waals surface area contributed by atoms with Crippen LogP contribution in [0.15, 0.2) is 30.5 Å². The fourth-order valence-electron chi connectivity index (χ4n) is 3.67. The summed E-state index contributed by atoms with van der Waals surface area (Å²) in [5, 5.41) is 0.680. The highest BCUT2D eigenvalue weighted by Gasteiger charge is 2.52. The summed E-state index contributed by atoms with van der Waals surface area (Å²) in [4.78, 5) is 32.7. The first kappa shape index (κ1) is 18.3. The number of carbonyl (C=O) groups excluding carboxylic acids is 2. The van der Waals surface area contributed by atoms with E-state index >= 15 is 0 Å². The largest absolute Gasteiger partial charge is 0.497 e. The molecule has 1 aromatic heterocycles. The van der Waals surface area contributed by atoms with Gasteiger partial charge in [-0.2, -0.15) is 0 Å². The number of likely N-dealkylation sites (tertiary alicyclic amines) is 1. The number of esters is 1. The topological polar surface area (TPSA) is 68.7 Å². The number of hydrogen-bond donors (Lipinski definition) is 0. The highest BCUT2D eigenvalue weighted by atomic mass is 16.5. The van der Waals surface area contributed by atoms with Crippen LogP contribution in [0.3, 0.4) is 0 Å². The first-order chi connectivity index (χ1) is 12.5. The molecule has 6 nitrogen and oxygen atoms in total. The minimum absolute atomic E-state index is 0.237. The van der Waals surface area contributed by atoms with Crippen LogP contribution in [0.1, 0.15) is 36.5 Å². The van der Waals surface area contributed by atoms with Gasteiger partial charge in [-0.1, -0.05) is 0 Å². The van der Waals surface area contributed by atoms with Gasteiger partial charge >= 0.3 is 5.97 Å². The molecule has 1 aromatic carbocycles. The molecule has 0 N–H and O–H groups in total. The van der Waals surface area contributed by atoms with Crippen molar-refractivity contribution in [3.05, 3.63) is 36.0 Å². The van der Waals surface area contributed by atoms with Crippen molar-refractivity contribution in [2.45, 2.75) is 31.7 Å². The van der Waals surface area contributed by atoms with Crippen LogP contribution in [-0.2, 0) is 9.53 Å². The number of Topliss-reactive ketones (excluding diaryl/α,β-unsaturated/α-hetero) is 1. The van der Waals surface area contributed by atoms with Gasteiger partial charge in [0.1, 0.15) is 5.75 Å². The number of piperidine rings is 1. The van der Waals surface area contributed by atoms with Gasteiger partial charge in [0.05, 0.1) is 19.2 Å². The van der Waals surface area contributed by atoms with Crippen molar-refractivity contribution in [2.24, 2.45) is 0 Å². The van der Waals surface area contributed by atoms with Crippen LogP contribution in [0.5, 0.6) is 5.75 Å². The maximum absolute atomic E-state index is 13.7. The first-order valence-electron chi connectivity index (χ1n) is 8.90. The lowest BCUT2D eigenvalue weighted by molar-refractivity contribution is -0.155. The lowest BCUT2D eigenvalue weighted by atomic mass is 9.79. The van der Waals surface area contributed by atoms with E-state index in [1.54, 1.807) is 38.4 Å². The highest BCUT2D eigenvalue weighted by Crippen LogP contribution is 2.34. The molecule has 3 rings (SSSR count). The summed E-state index contributed by atoms with van der Waals surface area (Å²) in [7, 11) is 3.39. The van der Waals surface area contributed by atoms with Crippen molar-refractivity contribution >= 4 is 22.7 Å². The molecule has 0 spiro atoms. The number of pyridine rings is 1. The van der Waals surface area contributed by atoms with E-state index in [4.69, 9.17) is 9.47 Å². The van der Waals surface area contributed by atoms with Crippen LogP contribution >= 0.6 is 0 Å². The number of nitrogens with zero attached hydrogens (tertiary/aromatic N) is 2. The Morgan fingerprint density at radius 3 is 2.77 bits per heavy atom. The fourth-order valence-corrected chi connectivity index (χ4v) is 3.67. The first-order valence-corrected chi connectivity index (χ1v) is 8.90. The van der Waals surface area contributed by atoms with Gasteiger partial charge < -0.3 is 9.47 Å². The number of ether oxygens (including phenoxy) is 2. The summed E-state index contributed by atoms with van der Waals surface area (Å²) in [6, 6.07) is 7.08. The number of aromatic nitrogens is 1. The van der Waals surface area contributed by atoms with Crippen molar-refractivity contribution in [3.8, 4) is 5.75 Å². The summed E-state index contributed by atoms with van der Waals surface area (Å²) in [5.41, 5.74) is -0.129. The monoisotopic (exact) mass is 356 g/mol. The zero-order valence-corrected chi connectivity index (χ0v) is 15.4. The number of methoxy groups -OCH3 is 1.